The summed E-state index contributed by atoms with van der Waals surface area (Å²) >= 11 is 7.32. The molecule has 0 radical (unpaired) electrons. The smallest absolute Gasteiger partial charge is 0.230 e. The summed E-state index contributed by atoms with van der Waals surface area (Å²) in [4.78, 5) is 11.9. The number of rotatable bonds is 7. The van der Waals surface area contributed by atoms with Crippen molar-refractivity contribution in [2.45, 2.75) is 31.5 Å². The van der Waals surface area contributed by atoms with Crippen molar-refractivity contribution >= 4 is 29.3 Å². The highest BCUT2D eigenvalue weighted by atomic mass is 35.5. The van der Waals surface area contributed by atoms with Crippen molar-refractivity contribution < 1.29 is 4.79 Å². The van der Waals surface area contributed by atoms with Crippen molar-refractivity contribution in [1.29, 1.82) is 0 Å². The molecule has 1 N–H and O–H groups in total. The molecule has 0 aliphatic rings. The van der Waals surface area contributed by atoms with Crippen LogP contribution in [0.15, 0.2) is 35.7 Å². The van der Waals surface area contributed by atoms with Crippen molar-refractivity contribution in [1.82, 2.24) is 20.1 Å². The molecule has 1 amide bonds. The fraction of sp³-hybridized carbons (Fsp3) is 0.400. The summed E-state index contributed by atoms with van der Waals surface area (Å²) in [6.07, 6.45) is 2.45. The van der Waals surface area contributed by atoms with Crippen LogP contribution in [0.25, 0.3) is 0 Å². The standard InChI is InChI=1S/C15H19ClN4OS/c1-11(2)20-10-18-19-15(20)22-9-14(21)17-7-6-12-4-3-5-13(16)8-12/h3-5,8,10-11H,6-7,9H2,1-2H3,(H,17,21). The van der Waals surface area contributed by atoms with Gasteiger partial charge in [0, 0.05) is 17.6 Å². The first kappa shape index (κ1) is 16.8. The highest BCUT2D eigenvalue weighted by Gasteiger charge is 2.10. The number of aromatic nitrogens is 3. The van der Waals surface area contributed by atoms with Gasteiger partial charge in [-0.05, 0) is 38.0 Å². The van der Waals surface area contributed by atoms with E-state index in [0.717, 1.165) is 17.1 Å². The monoisotopic (exact) mass is 338 g/mol. The molecule has 7 heteroatoms. The second kappa shape index (κ2) is 8.19. The number of carbonyl (C=O) groups is 1. The number of nitrogens with zero attached hydrogens (tertiary/aromatic N) is 3. The van der Waals surface area contributed by atoms with Gasteiger partial charge in [0.25, 0.3) is 0 Å². The molecule has 2 rings (SSSR count). The average Bonchev–Trinajstić information content (AvgIpc) is 2.94. The van der Waals surface area contributed by atoms with Gasteiger partial charge in [-0.15, -0.1) is 10.2 Å². The molecule has 1 aromatic heterocycles. The minimum Gasteiger partial charge on any atom is -0.355 e. The van der Waals surface area contributed by atoms with Gasteiger partial charge in [-0.3, -0.25) is 4.79 Å². The van der Waals surface area contributed by atoms with Crippen molar-refractivity contribution in [3.8, 4) is 0 Å². The summed E-state index contributed by atoms with van der Waals surface area (Å²) < 4.78 is 1.95. The Morgan fingerprint density at radius 2 is 2.27 bits per heavy atom. The van der Waals surface area contributed by atoms with Gasteiger partial charge in [-0.1, -0.05) is 35.5 Å². The van der Waals surface area contributed by atoms with E-state index >= 15 is 0 Å². The zero-order chi connectivity index (χ0) is 15.9. The van der Waals surface area contributed by atoms with E-state index in [0.29, 0.717) is 17.3 Å². The van der Waals surface area contributed by atoms with E-state index in [2.05, 4.69) is 29.4 Å². The number of halogens is 1. The summed E-state index contributed by atoms with van der Waals surface area (Å²) in [5.41, 5.74) is 1.11. The van der Waals surface area contributed by atoms with E-state index in [1.54, 1.807) is 6.33 Å². The van der Waals surface area contributed by atoms with Gasteiger partial charge in [-0.2, -0.15) is 0 Å². The quantitative estimate of drug-likeness (QED) is 0.788. The van der Waals surface area contributed by atoms with E-state index in [-0.39, 0.29) is 11.9 Å². The van der Waals surface area contributed by atoms with Gasteiger partial charge in [-0.25, -0.2) is 0 Å². The summed E-state index contributed by atoms with van der Waals surface area (Å²) in [6, 6.07) is 7.94. The third kappa shape index (κ3) is 5.03. The molecule has 0 saturated carbocycles. The SMILES string of the molecule is CC(C)n1cnnc1SCC(=O)NCCc1cccc(Cl)c1. The summed E-state index contributed by atoms with van der Waals surface area (Å²) in [5.74, 6) is 0.325. The average molecular weight is 339 g/mol. The molecule has 2 aromatic rings. The first-order valence-electron chi connectivity index (χ1n) is 7.09. The summed E-state index contributed by atoms with van der Waals surface area (Å²) in [5, 5.41) is 12.3. The molecule has 22 heavy (non-hydrogen) atoms. The second-order valence-electron chi connectivity index (χ2n) is 5.13. The predicted octanol–water partition coefficient (Wildman–Crippen LogP) is 2.96. The van der Waals surface area contributed by atoms with Crippen molar-refractivity contribution in [2.75, 3.05) is 12.3 Å². The van der Waals surface area contributed by atoms with E-state index in [9.17, 15) is 4.79 Å². The predicted molar refractivity (Wildman–Crippen MR) is 89.3 cm³/mol. The minimum atomic E-state index is -0.00895. The molecule has 0 fully saturated rings. The lowest BCUT2D eigenvalue weighted by Gasteiger charge is -2.09. The van der Waals surface area contributed by atoms with Gasteiger partial charge < -0.3 is 9.88 Å². The highest BCUT2D eigenvalue weighted by molar-refractivity contribution is 7.99. The number of hydrogen-bond acceptors (Lipinski definition) is 4. The molecule has 1 heterocycles. The Balaban J connectivity index is 1.73. The van der Waals surface area contributed by atoms with Crippen molar-refractivity contribution in [2.24, 2.45) is 0 Å². The summed E-state index contributed by atoms with van der Waals surface area (Å²) in [7, 11) is 0. The van der Waals surface area contributed by atoms with Crippen molar-refractivity contribution in [3.05, 3.63) is 41.2 Å². The molecule has 0 spiro atoms. The van der Waals surface area contributed by atoms with Crippen LogP contribution < -0.4 is 5.32 Å². The first-order chi connectivity index (χ1) is 10.6. The number of hydrogen-bond donors (Lipinski definition) is 1. The van der Waals surface area contributed by atoms with Crippen LogP contribution in [-0.2, 0) is 11.2 Å². The summed E-state index contributed by atoms with van der Waals surface area (Å²) in [6.45, 7) is 4.70. The molecule has 0 bridgehead atoms. The third-order valence-electron chi connectivity index (χ3n) is 3.05. The highest BCUT2D eigenvalue weighted by Crippen LogP contribution is 2.18. The molecule has 1 aromatic carbocycles. The van der Waals surface area contributed by atoms with E-state index in [4.69, 9.17) is 11.6 Å². The molecule has 0 atom stereocenters. The van der Waals surface area contributed by atoms with E-state index < -0.39 is 0 Å². The Labute approximate surface area is 139 Å². The molecule has 0 aliphatic heterocycles. The van der Waals surface area contributed by atoms with Crippen LogP contribution in [0.2, 0.25) is 5.02 Å². The third-order valence-corrected chi connectivity index (χ3v) is 4.25. The Bertz CT molecular complexity index is 630. The van der Waals surface area contributed by atoms with Crippen LogP contribution in [0.3, 0.4) is 0 Å². The number of amides is 1. The maximum atomic E-state index is 11.9. The van der Waals surface area contributed by atoms with Crippen LogP contribution in [0.4, 0.5) is 0 Å². The maximum Gasteiger partial charge on any atom is 0.230 e. The lowest BCUT2D eigenvalue weighted by Crippen LogP contribution is -2.27. The molecular formula is C15H19ClN4OS. The lowest BCUT2D eigenvalue weighted by atomic mass is 10.1. The molecule has 5 nitrogen and oxygen atoms in total. The fourth-order valence-electron chi connectivity index (χ4n) is 1.91. The van der Waals surface area contributed by atoms with Crippen LogP contribution >= 0.6 is 23.4 Å². The van der Waals surface area contributed by atoms with E-state index in [1.165, 1.54) is 11.8 Å². The Morgan fingerprint density at radius 3 is 3.00 bits per heavy atom. The van der Waals surface area contributed by atoms with Crippen molar-refractivity contribution in [3.63, 3.8) is 0 Å². The lowest BCUT2D eigenvalue weighted by molar-refractivity contribution is -0.118. The Kier molecular flexibility index (Phi) is 6.27. The molecule has 118 valence electrons. The van der Waals surface area contributed by atoms with Gasteiger partial charge in [0.2, 0.25) is 5.91 Å². The molecule has 0 aliphatic carbocycles. The van der Waals surface area contributed by atoms with Crippen LogP contribution in [-0.4, -0.2) is 33.0 Å². The minimum absolute atomic E-state index is 0.00895. The van der Waals surface area contributed by atoms with Crippen LogP contribution in [0.1, 0.15) is 25.5 Å². The van der Waals surface area contributed by atoms with Gasteiger partial charge in [0.05, 0.1) is 5.75 Å². The maximum absolute atomic E-state index is 11.9. The largest absolute Gasteiger partial charge is 0.355 e. The van der Waals surface area contributed by atoms with Gasteiger partial charge >= 0.3 is 0 Å². The normalized spacial score (nSPS) is 10.9. The van der Waals surface area contributed by atoms with Gasteiger partial charge in [0.1, 0.15) is 6.33 Å². The van der Waals surface area contributed by atoms with E-state index in [1.807, 2.05) is 28.8 Å². The number of benzene rings is 1. The second-order valence-corrected chi connectivity index (χ2v) is 6.51. The molecule has 0 unspecified atom stereocenters. The van der Waals surface area contributed by atoms with Crippen LogP contribution in [0, 0.1) is 0 Å². The van der Waals surface area contributed by atoms with Crippen LogP contribution in [0.5, 0.6) is 0 Å². The number of carbonyl (C=O) groups excluding carboxylic acids is 1. The van der Waals surface area contributed by atoms with Gasteiger partial charge in [0.15, 0.2) is 5.16 Å². The fourth-order valence-corrected chi connectivity index (χ4v) is 3.00. The Hall–Kier alpha value is -1.53. The first-order valence-corrected chi connectivity index (χ1v) is 8.46. The molecule has 0 saturated heterocycles. The molecular weight excluding hydrogens is 320 g/mol. The number of nitrogens with one attached hydrogen (secondary N) is 1. The number of thioether (sulfide) groups is 1. The zero-order valence-corrected chi connectivity index (χ0v) is 14.2. The Morgan fingerprint density at radius 1 is 1.45 bits per heavy atom. The zero-order valence-electron chi connectivity index (χ0n) is 12.6. The topological polar surface area (TPSA) is 59.8 Å².